The Labute approximate surface area is 163 Å². The Bertz CT molecular complexity index is 1050. The highest BCUT2D eigenvalue weighted by molar-refractivity contribution is 5.98. The Morgan fingerprint density at radius 2 is 1.57 bits per heavy atom. The lowest BCUT2D eigenvalue weighted by Gasteiger charge is -2.36. The topological polar surface area (TPSA) is 60.9 Å². The maximum atomic E-state index is 12.9. The quantitative estimate of drug-likeness (QED) is 0.757. The molecule has 5 nitrogen and oxygen atoms in total. The van der Waals surface area contributed by atoms with E-state index >= 15 is 0 Å². The highest BCUT2D eigenvalue weighted by Crippen LogP contribution is 2.22. The number of piperazine rings is 1. The lowest BCUT2D eigenvalue weighted by atomic mass is 10.1. The number of carboxylic acids is 1. The van der Waals surface area contributed by atoms with Crippen molar-refractivity contribution in [2.45, 2.75) is 6.92 Å². The molecular formula is C23H22N2O3. The molecule has 3 aromatic carbocycles. The number of hydrogen-bond acceptors (Lipinski definition) is 3. The summed E-state index contributed by atoms with van der Waals surface area (Å²) in [6.45, 7) is 4.56. The van der Waals surface area contributed by atoms with Gasteiger partial charge in [0, 0.05) is 37.4 Å². The van der Waals surface area contributed by atoms with Crippen LogP contribution in [0.1, 0.15) is 26.3 Å². The summed E-state index contributed by atoms with van der Waals surface area (Å²) in [6.07, 6.45) is 0. The normalized spacial score (nSPS) is 14.3. The fourth-order valence-electron chi connectivity index (χ4n) is 3.76. The molecule has 1 N–H and O–H groups in total. The van der Waals surface area contributed by atoms with Gasteiger partial charge in [-0.05, 0) is 53.6 Å². The summed E-state index contributed by atoms with van der Waals surface area (Å²) >= 11 is 0. The van der Waals surface area contributed by atoms with E-state index < -0.39 is 5.97 Å². The SMILES string of the molecule is Cc1cc(N2CCN(C(=O)c3ccc4ccccc4c3)CC2)ccc1C(=O)O. The number of aryl methyl sites for hydroxylation is 1. The minimum atomic E-state index is -0.908. The number of fused-ring (bicyclic) bond motifs is 1. The molecule has 1 amide bonds. The van der Waals surface area contributed by atoms with Crippen molar-refractivity contribution in [2.75, 3.05) is 31.1 Å². The summed E-state index contributed by atoms with van der Waals surface area (Å²) < 4.78 is 0. The van der Waals surface area contributed by atoms with E-state index in [1.807, 2.05) is 66.4 Å². The number of carbonyl (C=O) groups is 2. The predicted octanol–water partition coefficient (Wildman–Crippen LogP) is 3.81. The first-order valence-corrected chi connectivity index (χ1v) is 9.40. The van der Waals surface area contributed by atoms with Gasteiger partial charge >= 0.3 is 5.97 Å². The molecule has 1 saturated heterocycles. The van der Waals surface area contributed by atoms with Crippen LogP contribution in [0.2, 0.25) is 0 Å². The van der Waals surface area contributed by atoms with Crippen LogP contribution in [0.3, 0.4) is 0 Å². The maximum Gasteiger partial charge on any atom is 0.335 e. The van der Waals surface area contributed by atoms with Crippen molar-refractivity contribution in [2.24, 2.45) is 0 Å². The first kappa shape index (κ1) is 18.0. The van der Waals surface area contributed by atoms with E-state index in [0.717, 1.165) is 35.1 Å². The fourth-order valence-corrected chi connectivity index (χ4v) is 3.76. The number of amides is 1. The summed E-state index contributed by atoms with van der Waals surface area (Å²) in [5.74, 6) is -0.849. The Morgan fingerprint density at radius 3 is 2.25 bits per heavy atom. The van der Waals surface area contributed by atoms with Crippen LogP contribution in [-0.2, 0) is 0 Å². The zero-order valence-corrected chi connectivity index (χ0v) is 15.8. The summed E-state index contributed by atoms with van der Waals surface area (Å²) in [6, 6.07) is 19.3. The van der Waals surface area contributed by atoms with Crippen LogP contribution in [0.15, 0.2) is 60.7 Å². The Balaban J connectivity index is 1.45. The zero-order valence-electron chi connectivity index (χ0n) is 15.8. The van der Waals surface area contributed by atoms with Gasteiger partial charge in [-0.15, -0.1) is 0 Å². The van der Waals surface area contributed by atoms with Gasteiger partial charge in [0.1, 0.15) is 0 Å². The third-order valence-electron chi connectivity index (χ3n) is 5.37. The van der Waals surface area contributed by atoms with E-state index in [-0.39, 0.29) is 5.91 Å². The highest BCUT2D eigenvalue weighted by Gasteiger charge is 2.23. The number of anilines is 1. The lowest BCUT2D eigenvalue weighted by Crippen LogP contribution is -2.48. The van der Waals surface area contributed by atoms with Gasteiger partial charge in [-0.3, -0.25) is 4.79 Å². The van der Waals surface area contributed by atoms with Crippen molar-refractivity contribution in [3.63, 3.8) is 0 Å². The van der Waals surface area contributed by atoms with Gasteiger partial charge < -0.3 is 14.9 Å². The zero-order chi connectivity index (χ0) is 19.7. The Morgan fingerprint density at radius 1 is 0.857 bits per heavy atom. The fraction of sp³-hybridized carbons (Fsp3) is 0.217. The molecule has 1 heterocycles. The molecule has 1 aliphatic rings. The molecule has 0 spiro atoms. The molecule has 0 bridgehead atoms. The van der Waals surface area contributed by atoms with Gasteiger partial charge in [-0.1, -0.05) is 30.3 Å². The molecule has 142 valence electrons. The summed E-state index contributed by atoms with van der Waals surface area (Å²) in [5.41, 5.74) is 2.79. The lowest BCUT2D eigenvalue weighted by molar-refractivity contribution is 0.0694. The second-order valence-electron chi connectivity index (χ2n) is 7.15. The van der Waals surface area contributed by atoms with Crippen LogP contribution in [-0.4, -0.2) is 48.1 Å². The van der Waals surface area contributed by atoms with Crippen LogP contribution >= 0.6 is 0 Å². The molecule has 1 fully saturated rings. The number of carbonyl (C=O) groups excluding carboxylic acids is 1. The van der Waals surface area contributed by atoms with Gasteiger partial charge in [0.15, 0.2) is 0 Å². The van der Waals surface area contributed by atoms with Crippen LogP contribution in [0.4, 0.5) is 5.69 Å². The van der Waals surface area contributed by atoms with Crippen LogP contribution < -0.4 is 4.90 Å². The van der Waals surface area contributed by atoms with Crippen molar-refractivity contribution in [3.8, 4) is 0 Å². The van der Waals surface area contributed by atoms with Crippen molar-refractivity contribution in [1.29, 1.82) is 0 Å². The van der Waals surface area contributed by atoms with Crippen molar-refractivity contribution in [3.05, 3.63) is 77.4 Å². The van der Waals surface area contributed by atoms with Crippen molar-refractivity contribution >= 4 is 28.3 Å². The van der Waals surface area contributed by atoms with E-state index in [9.17, 15) is 14.7 Å². The van der Waals surface area contributed by atoms with E-state index in [0.29, 0.717) is 24.2 Å². The number of benzene rings is 3. The van der Waals surface area contributed by atoms with Gasteiger partial charge in [0.25, 0.3) is 5.91 Å². The van der Waals surface area contributed by atoms with E-state index in [4.69, 9.17) is 0 Å². The molecular weight excluding hydrogens is 352 g/mol. The molecule has 0 aromatic heterocycles. The number of hydrogen-bond donors (Lipinski definition) is 1. The molecule has 5 heteroatoms. The maximum absolute atomic E-state index is 12.9. The molecule has 0 saturated carbocycles. The van der Waals surface area contributed by atoms with Crippen LogP contribution in [0, 0.1) is 6.92 Å². The molecule has 4 rings (SSSR count). The smallest absolute Gasteiger partial charge is 0.335 e. The number of nitrogens with zero attached hydrogens (tertiary/aromatic N) is 2. The molecule has 0 unspecified atom stereocenters. The summed E-state index contributed by atoms with van der Waals surface area (Å²) in [4.78, 5) is 28.2. The van der Waals surface area contributed by atoms with E-state index in [1.54, 1.807) is 6.07 Å². The number of carboxylic acid groups (broad SMARTS) is 1. The van der Waals surface area contributed by atoms with Crippen molar-refractivity contribution in [1.82, 2.24) is 4.90 Å². The first-order valence-electron chi connectivity index (χ1n) is 9.40. The second kappa shape index (κ2) is 7.35. The Kier molecular flexibility index (Phi) is 4.74. The van der Waals surface area contributed by atoms with Gasteiger partial charge in [0.05, 0.1) is 5.56 Å². The van der Waals surface area contributed by atoms with Gasteiger partial charge in [0.2, 0.25) is 0 Å². The third kappa shape index (κ3) is 3.43. The molecule has 0 radical (unpaired) electrons. The Hall–Kier alpha value is -3.34. The largest absolute Gasteiger partial charge is 0.478 e. The number of aromatic carboxylic acids is 1. The molecule has 28 heavy (non-hydrogen) atoms. The minimum absolute atomic E-state index is 0.0582. The monoisotopic (exact) mass is 374 g/mol. The third-order valence-corrected chi connectivity index (χ3v) is 5.37. The molecule has 1 aliphatic heterocycles. The van der Waals surface area contributed by atoms with E-state index in [1.165, 1.54) is 0 Å². The molecule has 3 aromatic rings. The van der Waals surface area contributed by atoms with Crippen molar-refractivity contribution < 1.29 is 14.7 Å². The average molecular weight is 374 g/mol. The summed E-state index contributed by atoms with van der Waals surface area (Å²) in [7, 11) is 0. The molecule has 0 atom stereocenters. The second-order valence-corrected chi connectivity index (χ2v) is 7.15. The van der Waals surface area contributed by atoms with Crippen LogP contribution in [0.5, 0.6) is 0 Å². The van der Waals surface area contributed by atoms with Gasteiger partial charge in [-0.2, -0.15) is 0 Å². The molecule has 0 aliphatic carbocycles. The highest BCUT2D eigenvalue weighted by atomic mass is 16.4. The number of rotatable bonds is 3. The van der Waals surface area contributed by atoms with E-state index in [2.05, 4.69) is 4.90 Å². The summed E-state index contributed by atoms with van der Waals surface area (Å²) in [5, 5.41) is 11.4. The standard InChI is InChI=1S/C23H22N2O3/c1-16-14-20(8-9-21(16)23(27)28)24-10-12-25(13-11-24)22(26)19-7-6-17-4-2-3-5-18(17)15-19/h2-9,14-15H,10-13H2,1H3,(H,27,28). The first-order chi connectivity index (χ1) is 13.5. The van der Waals surface area contributed by atoms with Gasteiger partial charge in [-0.25, -0.2) is 4.79 Å². The predicted molar refractivity (Wildman–Crippen MR) is 110 cm³/mol. The van der Waals surface area contributed by atoms with Crippen LogP contribution in [0.25, 0.3) is 10.8 Å². The minimum Gasteiger partial charge on any atom is -0.478 e. The average Bonchev–Trinajstić information content (AvgIpc) is 2.72.